The van der Waals surface area contributed by atoms with Crippen LogP contribution >= 0.6 is 22.6 Å². The Bertz CT molecular complexity index is 363. The van der Waals surface area contributed by atoms with Crippen molar-refractivity contribution in [3.05, 3.63) is 27.8 Å². The average Bonchev–Trinajstić information content (AvgIpc) is 2.24. The molecule has 2 amide bonds. The third-order valence-corrected chi connectivity index (χ3v) is 3.29. The third kappa shape index (κ3) is 2.25. The van der Waals surface area contributed by atoms with Gasteiger partial charge in [0.25, 0.3) is 0 Å². The van der Waals surface area contributed by atoms with Crippen LogP contribution in [0, 0.1) is 3.57 Å². The van der Waals surface area contributed by atoms with Crippen LogP contribution in [0.25, 0.3) is 0 Å². The molecule has 1 heterocycles. The molecule has 3 nitrogen and oxygen atoms in total. The number of halogens is 1. The van der Waals surface area contributed by atoms with E-state index in [1.807, 2.05) is 36.2 Å². The summed E-state index contributed by atoms with van der Waals surface area (Å²) in [5, 5.41) is 0. The van der Waals surface area contributed by atoms with Crippen LogP contribution in [0.2, 0.25) is 0 Å². The Morgan fingerprint density at radius 3 is 2.53 bits per heavy atom. The van der Waals surface area contributed by atoms with Gasteiger partial charge in [-0.3, -0.25) is 4.90 Å². The van der Waals surface area contributed by atoms with Crippen molar-refractivity contribution in [3.63, 3.8) is 0 Å². The molecular formula is C11H13IN2O. The molecule has 2 rings (SSSR count). The molecule has 1 saturated heterocycles. The largest absolute Gasteiger partial charge is 0.327 e. The summed E-state index contributed by atoms with van der Waals surface area (Å²) in [6.45, 7) is 1.68. The van der Waals surface area contributed by atoms with Crippen molar-refractivity contribution in [2.75, 3.05) is 25.0 Å². The van der Waals surface area contributed by atoms with Crippen molar-refractivity contribution >= 4 is 34.3 Å². The number of hydrogen-bond acceptors (Lipinski definition) is 1. The lowest BCUT2D eigenvalue weighted by molar-refractivity contribution is 0.207. The van der Waals surface area contributed by atoms with Crippen molar-refractivity contribution in [3.8, 4) is 0 Å². The van der Waals surface area contributed by atoms with Crippen LogP contribution in [0.1, 0.15) is 6.42 Å². The molecule has 0 saturated carbocycles. The summed E-state index contributed by atoms with van der Waals surface area (Å²) in [6.07, 6.45) is 1.04. The average molecular weight is 316 g/mol. The maximum atomic E-state index is 11.9. The van der Waals surface area contributed by atoms with Gasteiger partial charge in [0.1, 0.15) is 0 Å². The molecule has 15 heavy (non-hydrogen) atoms. The number of urea groups is 1. The van der Waals surface area contributed by atoms with E-state index in [1.165, 1.54) is 3.57 Å². The van der Waals surface area contributed by atoms with Crippen LogP contribution in [-0.4, -0.2) is 31.1 Å². The van der Waals surface area contributed by atoms with Gasteiger partial charge in [-0.25, -0.2) is 4.79 Å². The van der Waals surface area contributed by atoms with E-state index in [4.69, 9.17) is 0 Å². The molecule has 0 unspecified atom stereocenters. The Morgan fingerprint density at radius 2 is 1.87 bits per heavy atom. The highest BCUT2D eigenvalue weighted by molar-refractivity contribution is 14.1. The first-order valence-electron chi connectivity index (χ1n) is 4.96. The molecule has 1 aromatic rings. The van der Waals surface area contributed by atoms with Crippen LogP contribution in [-0.2, 0) is 0 Å². The van der Waals surface area contributed by atoms with E-state index in [-0.39, 0.29) is 6.03 Å². The minimum absolute atomic E-state index is 0.0995. The number of hydrogen-bond donors (Lipinski definition) is 0. The van der Waals surface area contributed by atoms with Gasteiger partial charge in [-0.15, -0.1) is 0 Å². The highest BCUT2D eigenvalue weighted by Gasteiger charge is 2.23. The van der Waals surface area contributed by atoms with Crippen molar-refractivity contribution in [1.29, 1.82) is 0 Å². The highest BCUT2D eigenvalue weighted by atomic mass is 127. The fraction of sp³-hybridized carbons (Fsp3) is 0.364. The quantitative estimate of drug-likeness (QED) is 0.731. The molecule has 0 atom stereocenters. The van der Waals surface area contributed by atoms with E-state index in [0.717, 1.165) is 25.2 Å². The minimum Gasteiger partial charge on any atom is -0.327 e. The number of carbonyl (C=O) groups is 1. The van der Waals surface area contributed by atoms with Crippen LogP contribution in [0.15, 0.2) is 24.3 Å². The van der Waals surface area contributed by atoms with Gasteiger partial charge in [0.15, 0.2) is 0 Å². The minimum atomic E-state index is 0.0995. The first kappa shape index (κ1) is 10.7. The van der Waals surface area contributed by atoms with Gasteiger partial charge in [0.05, 0.1) is 0 Å². The van der Waals surface area contributed by atoms with Gasteiger partial charge in [0, 0.05) is 29.4 Å². The van der Waals surface area contributed by atoms with Crippen molar-refractivity contribution in [1.82, 2.24) is 4.90 Å². The summed E-state index contributed by atoms with van der Waals surface area (Å²) in [7, 11) is 1.85. The first-order valence-corrected chi connectivity index (χ1v) is 6.04. The van der Waals surface area contributed by atoms with Crippen molar-refractivity contribution in [2.24, 2.45) is 0 Å². The standard InChI is InChI=1S/C11H13IN2O/c1-13-7-2-8-14(11(13)15)10-5-3-9(12)4-6-10/h3-6H,2,7-8H2,1H3. The van der Waals surface area contributed by atoms with E-state index in [9.17, 15) is 4.79 Å². The number of anilines is 1. The SMILES string of the molecule is CN1CCCN(c2ccc(I)cc2)C1=O. The molecule has 0 aromatic heterocycles. The van der Waals surface area contributed by atoms with Gasteiger partial charge in [-0.2, -0.15) is 0 Å². The van der Waals surface area contributed by atoms with Crippen LogP contribution in [0.4, 0.5) is 10.5 Å². The first-order chi connectivity index (χ1) is 7.18. The second-order valence-corrected chi connectivity index (χ2v) is 4.93. The predicted molar refractivity (Wildman–Crippen MR) is 69.1 cm³/mol. The zero-order valence-electron chi connectivity index (χ0n) is 8.61. The van der Waals surface area contributed by atoms with E-state index >= 15 is 0 Å². The van der Waals surface area contributed by atoms with E-state index in [0.29, 0.717) is 0 Å². The molecule has 1 aromatic carbocycles. The summed E-state index contributed by atoms with van der Waals surface area (Å²) in [6, 6.07) is 8.15. The fourth-order valence-electron chi connectivity index (χ4n) is 1.72. The maximum absolute atomic E-state index is 11.9. The smallest absolute Gasteiger partial charge is 0.324 e. The molecule has 0 radical (unpaired) electrons. The lowest BCUT2D eigenvalue weighted by Crippen LogP contribution is -2.47. The Labute approximate surface area is 103 Å². The number of amides is 2. The Balaban J connectivity index is 2.22. The van der Waals surface area contributed by atoms with E-state index in [1.54, 1.807) is 4.90 Å². The molecule has 1 aliphatic rings. The molecule has 0 N–H and O–H groups in total. The third-order valence-electron chi connectivity index (χ3n) is 2.57. The monoisotopic (exact) mass is 316 g/mol. The number of rotatable bonds is 1. The van der Waals surface area contributed by atoms with Crippen LogP contribution in [0.3, 0.4) is 0 Å². The molecular weight excluding hydrogens is 303 g/mol. The Morgan fingerprint density at radius 1 is 1.20 bits per heavy atom. The van der Waals surface area contributed by atoms with Crippen molar-refractivity contribution < 1.29 is 4.79 Å². The van der Waals surface area contributed by atoms with Gasteiger partial charge in [-0.1, -0.05) is 0 Å². The highest BCUT2D eigenvalue weighted by Crippen LogP contribution is 2.20. The van der Waals surface area contributed by atoms with Gasteiger partial charge in [0.2, 0.25) is 0 Å². The molecule has 1 aliphatic heterocycles. The van der Waals surface area contributed by atoms with Gasteiger partial charge >= 0.3 is 6.03 Å². The number of benzene rings is 1. The summed E-state index contributed by atoms with van der Waals surface area (Å²) >= 11 is 2.26. The lowest BCUT2D eigenvalue weighted by atomic mass is 10.2. The van der Waals surface area contributed by atoms with Crippen molar-refractivity contribution in [2.45, 2.75) is 6.42 Å². The van der Waals surface area contributed by atoms with E-state index in [2.05, 4.69) is 22.6 Å². The van der Waals surface area contributed by atoms with Gasteiger partial charge < -0.3 is 4.90 Å². The fourth-order valence-corrected chi connectivity index (χ4v) is 2.08. The van der Waals surface area contributed by atoms with E-state index < -0.39 is 0 Å². The Hall–Kier alpha value is -0.780. The van der Waals surface area contributed by atoms with Crippen LogP contribution in [0.5, 0.6) is 0 Å². The summed E-state index contributed by atoms with van der Waals surface area (Å²) in [5.41, 5.74) is 0.993. The predicted octanol–water partition coefficient (Wildman–Crippen LogP) is 2.55. The molecule has 0 spiro atoms. The molecule has 4 heteroatoms. The second-order valence-electron chi connectivity index (χ2n) is 3.69. The van der Waals surface area contributed by atoms with Crippen LogP contribution < -0.4 is 4.90 Å². The summed E-state index contributed by atoms with van der Waals surface area (Å²) in [4.78, 5) is 15.5. The second kappa shape index (κ2) is 4.38. The molecule has 1 fully saturated rings. The number of nitrogens with zero attached hydrogens (tertiary/aromatic N) is 2. The summed E-state index contributed by atoms with van der Waals surface area (Å²) < 4.78 is 1.19. The number of carbonyl (C=O) groups excluding carboxylic acids is 1. The normalized spacial score (nSPS) is 17.1. The lowest BCUT2D eigenvalue weighted by Gasteiger charge is -2.33. The zero-order chi connectivity index (χ0) is 10.8. The Kier molecular flexibility index (Phi) is 3.14. The molecule has 80 valence electrons. The topological polar surface area (TPSA) is 23.6 Å². The summed E-state index contributed by atoms with van der Waals surface area (Å²) in [5.74, 6) is 0. The zero-order valence-corrected chi connectivity index (χ0v) is 10.8. The maximum Gasteiger partial charge on any atom is 0.324 e. The molecule has 0 bridgehead atoms. The van der Waals surface area contributed by atoms with Gasteiger partial charge in [-0.05, 0) is 53.3 Å². The molecule has 0 aliphatic carbocycles.